The monoisotopic (exact) mass is 283 g/mol. The molecule has 0 unspecified atom stereocenters. The van der Waals surface area contributed by atoms with E-state index in [1.54, 1.807) is 12.4 Å². The zero-order valence-corrected chi connectivity index (χ0v) is 10.4. The number of hydrogen-bond acceptors (Lipinski definition) is 2. The summed E-state index contributed by atoms with van der Waals surface area (Å²) < 4.78 is 37.1. The molecule has 2 rings (SSSR count). The van der Waals surface area contributed by atoms with Crippen molar-refractivity contribution in [3.63, 3.8) is 0 Å². The molecule has 1 aromatic heterocycles. The number of hydrogen-bond donors (Lipinski definition) is 2. The first-order valence-electron chi connectivity index (χ1n) is 5.90. The van der Waals surface area contributed by atoms with E-state index in [-0.39, 0.29) is 5.56 Å². The molecule has 1 amide bonds. The average molecular weight is 283 g/mol. The van der Waals surface area contributed by atoms with Gasteiger partial charge in [-0.1, -0.05) is 0 Å². The van der Waals surface area contributed by atoms with E-state index in [2.05, 4.69) is 15.3 Å². The summed E-state index contributed by atoms with van der Waals surface area (Å²) in [6.07, 6.45) is -0.590. The van der Waals surface area contributed by atoms with Crippen LogP contribution >= 0.6 is 0 Å². The zero-order valence-electron chi connectivity index (χ0n) is 10.4. The van der Waals surface area contributed by atoms with Crippen molar-refractivity contribution in [2.75, 3.05) is 6.54 Å². The van der Waals surface area contributed by atoms with E-state index >= 15 is 0 Å². The lowest BCUT2D eigenvalue weighted by atomic mass is 10.1. The Bertz CT molecular complexity index is 562. The normalized spacial score (nSPS) is 11.3. The number of amides is 1. The number of carbonyl (C=O) groups is 1. The summed E-state index contributed by atoms with van der Waals surface area (Å²) in [5.41, 5.74) is -0.581. The average Bonchev–Trinajstić information content (AvgIpc) is 2.91. The van der Waals surface area contributed by atoms with Gasteiger partial charge in [-0.15, -0.1) is 0 Å². The second-order valence-corrected chi connectivity index (χ2v) is 4.12. The van der Waals surface area contributed by atoms with Gasteiger partial charge in [-0.05, 0) is 24.3 Å². The fourth-order valence-electron chi connectivity index (χ4n) is 1.64. The molecule has 0 fully saturated rings. The Morgan fingerprint density at radius 1 is 1.25 bits per heavy atom. The summed E-state index contributed by atoms with van der Waals surface area (Å²) in [7, 11) is 0. The van der Waals surface area contributed by atoms with Crippen LogP contribution in [0, 0.1) is 0 Å². The summed E-state index contributed by atoms with van der Waals surface area (Å²) in [5.74, 6) is 0.322. The smallest absolute Gasteiger partial charge is 0.352 e. The Labute approximate surface area is 113 Å². The molecule has 106 valence electrons. The minimum absolute atomic E-state index is 0.192. The van der Waals surface area contributed by atoms with Gasteiger partial charge in [0.15, 0.2) is 0 Å². The Hall–Kier alpha value is -2.31. The highest BCUT2D eigenvalue weighted by Gasteiger charge is 2.30. The standard InChI is InChI=1S/C13H12F3N3O/c14-13(15,16)10-3-1-9(2-4-10)12(20)19-6-5-11-17-7-8-18-11/h1-4,7-8H,5-6H2,(H,17,18)(H,19,20). The summed E-state index contributed by atoms with van der Waals surface area (Å²) >= 11 is 0. The number of carbonyl (C=O) groups excluding carboxylic acids is 1. The fraction of sp³-hybridized carbons (Fsp3) is 0.231. The van der Waals surface area contributed by atoms with Crippen LogP contribution in [-0.4, -0.2) is 22.4 Å². The van der Waals surface area contributed by atoms with E-state index in [0.717, 1.165) is 30.1 Å². The van der Waals surface area contributed by atoms with Crippen LogP contribution in [0.1, 0.15) is 21.7 Å². The van der Waals surface area contributed by atoms with Crippen LogP contribution in [0.3, 0.4) is 0 Å². The number of halogens is 3. The maximum absolute atomic E-state index is 12.4. The first-order chi connectivity index (χ1) is 9.47. The van der Waals surface area contributed by atoms with Crippen LogP contribution in [0.15, 0.2) is 36.7 Å². The molecular formula is C13H12F3N3O. The molecule has 1 aromatic carbocycles. The van der Waals surface area contributed by atoms with Crippen LogP contribution in [0.25, 0.3) is 0 Å². The molecule has 0 atom stereocenters. The van der Waals surface area contributed by atoms with Gasteiger partial charge < -0.3 is 10.3 Å². The van der Waals surface area contributed by atoms with Crippen LogP contribution in [0.4, 0.5) is 13.2 Å². The molecule has 0 aliphatic heterocycles. The third-order valence-electron chi connectivity index (χ3n) is 2.68. The Morgan fingerprint density at radius 2 is 1.95 bits per heavy atom. The van der Waals surface area contributed by atoms with Gasteiger partial charge in [-0.25, -0.2) is 4.98 Å². The van der Waals surface area contributed by atoms with E-state index < -0.39 is 17.6 Å². The molecule has 2 aromatic rings. The number of aromatic nitrogens is 2. The molecule has 0 saturated heterocycles. The van der Waals surface area contributed by atoms with Crippen LogP contribution in [0.2, 0.25) is 0 Å². The van der Waals surface area contributed by atoms with E-state index in [0.29, 0.717) is 13.0 Å². The van der Waals surface area contributed by atoms with Crippen molar-refractivity contribution in [1.29, 1.82) is 0 Å². The third-order valence-corrected chi connectivity index (χ3v) is 2.68. The summed E-state index contributed by atoms with van der Waals surface area (Å²) in [6, 6.07) is 4.10. The van der Waals surface area contributed by atoms with Crippen molar-refractivity contribution in [3.05, 3.63) is 53.6 Å². The fourth-order valence-corrected chi connectivity index (χ4v) is 1.64. The van der Waals surface area contributed by atoms with Crippen LogP contribution < -0.4 is 5.32 Å². The molecule has 0 aliphatic carbocycles. The van der Waals surface area contributed by atoms with Gasteiger partial charge in [0.25, 0.3) is 5.91 Å². The number of imidazole rings is 1. The van der Waals surface area contributed by atoms with Gasteiger partial charge >= 0.3 is 6.18 Å². The van der Waals surface area contributed by atoms with E-state index in [9.17, 15) is 18.0 Å². The number of alkyl halides is 3. The summed E-state index contributed by atoms with van der Waals surface area (Å²) in [5, 5.41) is 2.62. The number of nitrogens with one attached hydrogen (secondary N) is 2. The molecule has 0 spiro atoms. The number of benzene rings is 1. The van der Waals surface area contributed by atoms with Gasteiger partial charge in [0.05, 0.1) is 5.56 Å². The Balaban J connectivity index is 1.89. The molecule has 1 heterocycles. The van der Waals surface area contributed by atoms with Crippen molar-refractivity contribution < 1.29 is 18.0 Å². The number of rotatable bonds is 4. The lowest BCUT2D eigenvalue weighted by molar-refractivity contribution is -0.137. The van der Waals surface area contributed by atoms with Gasteiger partial charge in [-0.3, -0.25) is 4.79 Å². The summed E-state index contributed by atoms with van der Waals surface area (Å²) in [6.45, 7) is 0.355. The van der Waals surface area contributed by atoms with Crippen LogP contribution in [-0.2, 0) is 12.6 Å². The number of H-pyrrole nitrogens is 1. The van der Waals surface area contributed by atoms with Gasteiger partial charge in [0.2, 0.25) is 0 Å². The van der Waals surface area contributed by atoms with Crippen LogP contribution in [0.5, 0.6) is 0 Å². The topological polar surface area (TPSA) is 57.8 Å². The minimum Gasteiger partial charge on any atom is -0.352 e. The molecule has 0 bridgehead atoms. The SMILES string of the molecule is O=C(NCCc1ncc[nH]1)c1ccc(C(F)(F)F)cc1. The van der Waals surface area contributed by atoms with Crippen molar-refractivity contribution in [3.8, 4) is 0 Å². The van der Waals surface area contributed by atoms with Crippen molar-refractivity contribution in [1.82, 2.24) is 15.3 Å². The molecule has 0 radical (unpaired) electrons. The maximum Gasteiger partial charge on any atom is 0.416 e. The van der Waals surface area contributed by atoms with Gasteiger partial charge in [-0.2, -0.15) is 13.2 Å². The Morgan fingerprint density at radius 3 is 2.50 bits per heavy atom. The second kappa shape index (κ2) is 5.77. The van der Waals surface area contributed by atoms with Gasteiger partial charge in [0, 0.05) is 30.9 Å². The van der Waals surface area contributed by atoms with Crippen molar-refractivity contribution >= 4 is 5.91 Å². The third kappa shape index (κ3) is 3.59. The molecule has 0 aliphatic rings. The number of aromatic amines is 1. The van der Waals surface area contributed by atoms with E-state index in [4.69, 9.17) is 0 Å². The highest BCUT2D eigenvalue weighted by Crippen LogP contribution is 2.28. The molecule has 7 heteroatoms. The lowest BCUT2D eigenvalue weighted by Crippen LogP contribution is -2.26. The van der Waals surface area contributed by atoms with Crippen molar-refractivity contribution in [2.45, 2.75) is 12.6 Å². The highest BCUT2D eigenvalue weighted by atomic mass is 19.4. The van der Waals surface area contributed by atoms with Gasteiger partial charge in [0.1, 0.15) is 5.82 Å². The van der Waals surface area contributed by atoms with E-state index in [1.807, 2.05) is 0 Å². The van der Waals surface area contributed by atoms with Crippen molar-refractivity contribution in [2.24, 2.45) is 0 Å². The molecule has 2 N–H and O–H groups in total. The highest BCUT2D eigenvalue weighted by molar-refractivity contribution is 5.94. The molecule has 0 saturated carbocycles. The predicted molar refractivity (Wildman–Crippen MR) is 66.1 cm³/mol. The van der Waals surface area contributed by atoms with E-state index in [1.165, 1.54) is 0 Å². The number of nitrogens with zero attached hydrogens (tertiary/aromatic N) is 1. The molecular weight excluding hydrogens is 271 g/mol. The quantitative estimate of drug-likeness (QED) is 0.905. The first kappa shape index (κ1) is 14.1. The minimum atomic E-state index is -4.39. The lowest BCUT2D eigenvalue weighted by Gasteiger charge is -2.08. The summed E-state index contributed by atoms with van der Waals surface area (Å²) in [4.78, 5) is 18.6. The molecule has 20 heavy (non-hydrogen) atoms. The second-order valence-electron chi connectivity index (χ2n) is 4.12. The first-order valence-corrected chi connectivity index (χ1v) is 5.90. The molecule has 4 nitrogen and oxygen atoms in total. The Kier molecular flexibility index (Phi) is 4.07. The zero-order chi connectivity index (χ0) is 14.6. The largest absolute Gasteiger partial charge is 0.416 e. The predicted octanol–water partition coefficient (Wildman–Crippen LogP) is 2.40. The maximum atomic E-state index is 12.4.